The van der Waals surface area contributed by atoms with Crippen LogP contribution in [0.2, 0.25) is 0 Å². The van der Waals surface area contributed by atoms with Gasteiger partial charge in [0.25, 0.3) is 0 Å². The highest BCUT2D eigenvalue weighted by Crippen LogP contribution is 2.34. The van der Waals surface area contributed by atoms with Crippen molar-refractivity contribution in [1.82, 2.24) is 0 Å². The second-order valence-corrected chi connectivity index (χ2v) is 4.04. The molecule has 0 radical (unpaired) electrons. The Morgan fingerprint density at radius 3 is 2.85 bits per heavy atom. The van der Waals surface area contributed by atoms with Crippen molar-refractivity contribution in [3.8, 4) is 0 Å². The van der Waals surface area contributed by atoms with Crippen molar-refractivity contribution in [3.63, 3.8) is 0 Å². The van der Waals surface area contributed by atoms with Crippen molar-refractivity contribution < 1.29 is 9.52 Å². The number of hydrogen-bond acceptors (Lipinski definition) is 2. The van der Waals surface area contributed by atoms with E-state index in [4.69, 9.17) is 4.42 Å². The van der Waals surface area contributed by atoms with Gasteiger partial charge in [-0.3, -0.25) is 0 Å². The van der Waals surface area contributed by atoms with Gasteiger partial charge in [0.2, 0.25) is 0 Å². The lowest BCUT2D eigenvalue weighted by atomic mass is 9.80. The number of rotatable bonds is 3. The van der Waals surface area contributed by atoms with Crippen LogP contribution >= 0.6 is 0 Å². The molecule has 72 valence electrons. The normalized spacial score (nSPS) is 19.8. The van der Waals surface area contributed by atoms with Gasteiger partial charge in [0.1, 0.15) is 5.76 Å². The quantitative estimate of drug-likeness (QED) is 0.776. The van der Waals surface area contributed by atoms with Gasteiger partial charge in [0.15, 0.2) is 0 Å². The topological polar surface area (TPSA) is 33.4 Å². The summed E-state index contributed by atoms with van der Waals surface area (Å²) in [4.78, 5) is 0. The van der Waals surface area contributed by atoms with Crippen molar-refractivity contribution in [2.75, 3.05) is 0 Å². The molecule has 1 unspecified atom stereocenters. The van der Waals surface area contributed by atoms with Crippen LogP contribution in [0.25, 0.3) is 0 Å². The maximum absolute atomic E-state index is 9.81. The Morgan fingerprint density at radius 2 is 2.38 bits per heavy atom. The van der Waals surface area contributed by atoms with Gasteiger partial charge in [0.05, 0.1) is 12.4 Å². The number of aliphatic hydroxyl groups excluding tert-OH is 1. The van der Waals surface area contributed by atoms with E-state index in [2.05, 4.69) is 0 Å². The lowest BCUT2D eigenvalue weighted by Crippen LogP contribution is -2.14. The zero-order chi connectivity index (χ0) is 9.26. The summed E-state index contributed by atoms with van der Waals surface area (Å²) in [5.74, 6) is 1.62. The number of hydrogen-bond donors (Lipinski definition) is 1. The Balaban J connectivity index is 1.92. The first-order valence-electron chi connectivity index (χ1n) is 4.99. The van der Waals surface area contributed by atoms with Crippen molar-refractivity contribution in [2.45, 2.75) is 38.7 Å². The lowest BCUT2D eigenvalue weighted by Gasteiger charge is -2.27. The van der Waals surface area contributed by atoms with Crippen molar-refractivity contribution in [2.24, 2.45) is 5.92 Å². The molecular formula is C11H16O2. The minimum atomic E-state index is -0.317. The molecular weight excluding hydrogens is 164 g/mol. The molecule has 2 rings (SSSR count). The summed E-state index contributed by atoms with van der Waals surface area (Å²) in [6.07, 6.45) is 6.16. The van der Waals surface area contributed by atoms with Gasteiger partial charge in [0, 0.05) is 5.56 Å². The van der Waals surface area contributed by atoms with E-state index < -0.39 is 0 Å². The predicted octanol–water partition coefficient (Wildman–Crippen LogP) is 2.81. The molecule has 1 aliphatic rings. The second-order valence-electron chi connectivity index (χ2n) is 4.04. The zero-order valence-corrected chi connectivity index (χ0v) is 7.99. The predicted molar refractivity (Wildman–Crippen MR) is 50.4 cm³/mol. The van der Waals surface area contributed by atoms with Gasteiger partial charge >= 0.3 is 0 Å². The van der Waals surface area contributed by atoms with E-state index in [0.29, 0.717) is 0 Å². The summed E-state index contributed by atoms with van der Waals surface area (Å²) in [6.45, 7) is 1.90. The first kappa shape index (κ1) is 8.82. The Bertz CT molecular complexity index is 273. The molecule has 1 aliphatic carbocycles. The molecule has 0 bridgehead atoms. The third-order valence-electron chi connectivity index (χ3n) is 2.92. The van der Waals surface area contributed by atoms with Gasteiger partial charge in [-0.1, -0.05) is 19.3 Å². The van der Waals surface area contributed by atoms with E-state index in [1.807, 2.05) is 13.0 Å². The molecule has 13 heavy (non-hydrogen) atoms. The second kappa shape index (κ2) is 3.54. The van der Waals surface area contributed by atoms with E-state index in [-0.39, 0.29) is 6.10 Å². The zero-order valence-electron chi connectivity index (χ0n) is 7.99. The number of furan rings is 1. The van der Waals surface area contributed by atoms with Gasteiger partial charge in [-0.2, -0.15) is 0 Å². The molecule has 1 aromatic heterocycles. The van der Waals surface area contributed by atoms with E-state index in [0.717, 1.165) is 23.7 Å². The summed E-state index contributed by atoms with van der Waals surface area (Å²) in [5.41, 5.74) is 0.935. The first-order chi connectivity index (χ1) is 6.25. The van der Waals surface area contributed by atoms with Crippen LogP contribution in [-0.4, -0.2) is 5.11 Å². The van der Waals surface area contributed by atoms with Gasteiger partial charge < -0.3 is 9.52 Å². The maximum atomic E-state index is 9.81. The summed E-state index contributed by atoms with van der Waals surface area (Å²) < 4.78 is 5.16. The Kier molecular flexibility index (Phi) is 2.40. The Labute approximate surface area is 78.6 Å². The molecule has 0 saturated heterocycles. The molecule has 0 aliphatic heterocycles. The molecule has 0 spiro atoms. The standard InChI is InChI=1S/C11H16O2/c1-8-5-10(7-13-8)11(12)6-9-3-2-4-9/h5,7,9,11-12H,2-4,6H2,1H3. The molecule has 1 atom stereocenters. The van der Waals surface area contributed by atoms with E-state index in [1.165, 1.54) is 19.3 Å². The third kappa shape index (κ3) is 1.94. The van der Waals surface area contributed by atoms with Gasteiger partial charge in [-0.05, 0) is 25.3 Å². The molecule has 2 nitrogen and oxygen atoms in total. The van der Waals surface area contributed by atoms with Crippen LogP contribution in [0.1, 0.15) is 43.1 Å². The fourth-order valence-electron chi connectivity index (χ4n) is 1.82. The van der Waals surface area contributed by atoms with Crippen LogP contribution < -0.4 is 0 Å². The maximum Gasteiger partial charge on any atom is 0.101 e. The van der Waals surface area contributed by atoms with E-state index in [9.17, 15) is 5.11 Å². The minimum Gasteiger partial charge on any atom is -0.469 e. The fraction of sp³-hybridized carbons (Fsp3) is 0.636. The van der Waals surface area contributed by atoms with Crippen LogP contribution in [0.15, 0.2) is 16.7 Å². The van der Waals surface area contributed by atoms with Crippen molar-refractivity contribution in [1.29, 1.82) is 0 Å². The summed E-state index contributed by atoms with van der Waals surface area (Å²) in [5, 5.41) is 9.81. The SMILES string of the molecule is Cc1cc(C(O)CC2CCC2)co1. The molecule has 1 heterocycles. The van der Waals surface area contributed by atoms with Crippen LogP contribution in [0, 0.1) is 12.8 Å². The number of aryl methyl sites for hydroxylation is 1. The molecule has 1 aromatic rings. The van der Waals surface area contributed by atoms with Crippen LogP contribution in [0.4, 0.5) is 0 Å². The summed E-state index contributed by atoms with van der Waals surface area (Å²) in [6, 6.07) is 1.92. The molecule has 1 saturated carbocycles. The molecule has 0 aromatic carbocycles. The highest BCUT2D eigenvalue weighted by atomic mass is 16.3. The molecule has 1 N–H and O–H groups in total. The molecule has 2 heteroatoms. The first-order valence-corrected chi connectivity index (χ1v) is 4.99. The highest BCUT2D eigenvalue weighted by Gasteiger charge is 2.22. The van der Waals surface area contributed by atoms with Crippen LogP contribution in [-0.2, 0) is 0 Å². The molecule has 0 amide bonds. The van der Waals surface area contributed by atoms with Gasteiger partial charge in [-0.25, -0.2) is 0 Å². The van der Waals surface area contributed by atoms with E-state index >= 15 is 0 Å². The van der Waals surface area contributed by atoms with Crippen LogP contribution in [0.3, 0.4) is 0 Å². The van der Waals surface area contributed by atoms with E-state index in [1.54, 1.807) is 6.26 Å². The average molecular weight is 180 g/mol. The largest absolute Gasteiger partial charge is 0.469 e. The fourth-order valence-corrected chi connectivity index (χ4v) is 1.82. The molecule has 1 fully saturated rings. The lowest BCUT2D eigenvalue weighted by molar-refractivity contribution is 0.118. The Hall–Kier alpha value is -0.760. The monoisotopic (exact) mass is 180 g/mol. The summed E-state index contributed by atoms with van der Waals surface area (Å²) in [7, 11) is 0. The van der Waals surface area contributed by atoms with Crippen LogP contribution in [0.5, 0.6) is 0 Å². The minimum absolute atomic E-state index is 0.317. The number of aliphatic hydroxyl groups is 1. The van der Waals surface area contributed by atoms with Crippen molar-refractivity contribution in [3.05, 3.63) is 23.7 Å². The summed E-state index contributed by atoms with van der Waals surface area (Å²) >= 11 is 0. The average Bonchev–Trinajstić information content (AvgIpc) is 2.44. The highest BCUT2D eigenvalue weighted by molar-refractivity contribution is 5.14. The smallest absolute Gasteiger partial charge is 0.101 e. The third-order valence-corrected chi connectivity index (χ3v) is 2.92. The Morgan fingerprint density at radius 1 is 1.62 bits per heavy atom. The van der Waals surface area contributed by atoms with Gasteiger partial charge in [-0.15, -0.1) is 0 Å². The van der Waals surface area contributed by atoms with Crippen molar-refractivity contribution >= 4 is 0 Å².